The lowest BCUT2D eigenvalue weighted by atomic mass is 10.1. The van der Waals surface area contributed by atoms with Crippen LogP contribution in [0.2, 0.25) is 0 Å². The highest BCUT2D eigenvalue weighted by atomic mass is 19.4. The average molecular weight is 305 g/mol. The zero-order valence-electron chi connectivity index (χ0n) is 11.0. The second kappa shape index (κ2) is 5.80. The minimum Gasteiger partial charge on any atom is -0.311 e. The van der Waals surface area contributed by atoms with E-state index in [2.05, 4.69) is 10.4 Å². The largest absolute Gasteiger partial charge is 0.435 e. The predicted molar refractivity (Wildman–Crippen MR) is 65.4 cm³/mol. The van der Waals surface area contributed by atoms with Crippen LogP contribution in [-0.4, -0.2) is 16.8 Å². The van der Waals surface area contributed by atoms with Gasteiger partial charge in [-0.15, -0.1) is 0 Å². The maximum atomic E-state index is 13.7. The molecule has 0 aliphatic carbocycles. The van der Waals surface area contributed by atoms with Crippen molar-refractivity contribution in [3.8, 4) is 0 Å². The third-order valence-corrected chi connectivity index (χ3v) is 3.01. The van der Waals surface area contributed by atoms with Gasteiger partial charge in [0.25, 0.3) is 0 Å². The first-order valence-electron chi connectivity index (χ1n) is 6.04. The van der Waals surface area contributed by atoms with Gasteiger partial charge in [0, 0.05) is 11.8 Å². The number of nitrogens with zero attached hydrogens (tertiary/aromatic N) is 2. The second-order valence-electron chi connectivity index (χ2n) is 4.41. The number of alkyl halides is 3. The number of halogens is 5. The summed E-state index contributed by atoms with van der Waals surface area (Å²) in [6, 6.07) is 3.80. The van der Waals surface area contributed by atoms with Gasteiger partial charge in [0.2, 0.25) is 0 Å². The van der Waals surface area contributed by atoms with E-state index in [1.165, 1.54) is 19.2 Å². The molecular formula is C13H12F5N3. The Kier molecular flexibility index (Phi) is 4.26. The summed E-state index contributed by atoms with van der Waals surface area (Å²) in [5.41, 5.74) is -1.00. The Balaban J connectivity index is 2.23. The van der Waals surface area contributed by atoms with Gasteiger partial charge in [-0.2, -0.15) is 18.3 Å². The fourth-order valence-corrected chi connectivity index (χ4v) is 1.94. The van der Waals surface area contributed by atoms with Crippen molar-refractivity contribution in [3.63, 3.8) is 0 Å². The smallest absolute Gasteiger partial charge is 0.311 e. The van der Waals surface area contributed by atoms with Crippen LogP contribution in [0.1, 0.15) is 17.3 Å². The van der Waals surface area contributed by atoms with E-state index < -0.39 is 29.5 Å². The van der Waals surface area contributed by atoms with Crippen molar-refractivity contribution in [2.24, 2.45) is 0 Å². The second-order valence-corrected chi connectivity index (χ2v) is 4.41. The van der Waals surface area contributed by atoms with Crippen molar-refractivity contribution < 1.29 is 22.0 Å². The molecule has 0 amide bonds. The number of likely N-dealkylation sites (N-methyl/N-ethyl adjacent to an activating group) is 1. The van der Waals surface area contributed by atoms with Gasteiger partial charge in [-0.25, -0.2) is 8.78 Å². The number of hydrogen-bond donors (Lipinski definition) is 1. The quantitative estimate of drug-likeness (QED) is 0.880. The SMILES string of the molecule is CNC(Cn1ccc(C(F)(F)F)n1)c1cccc(F)c1F. The van der Waals surface area contributed by atoms with Crippen LogP contribution in [0, 0.1) is 11.6 Å². The molecule has 0 radical (unpaired) electrons. The van der Waals surface area contributed by atoms with Crippen LogP contribution in [0.4, 0.5) is 22.0 Å². The molecule has 0 spiro atoms. The topological polar surface area (TPSA) is 29.9 Å². The summed E-state index contributed by atoms with van der Waals surface area (Å²) < 4.78 is 65.3. The van der Waals surface area contributed by atoms with Crippen molar-refractivity contribution in [3.05, 3.63) is 53.4 Å². The molecule has 0 aliphatic heterocycles. The maximum absolute atomic E-state index is 13.7. The molecule has 21 heavy (non-hydrogen) atoms. The molecule has 0 aliphatic rings. The summed E-state index contributed by atoms with van der Waals surface area (Å²) in [6.07, 6.45) is -3.39. The number of rotatable bonds is 4. The molecule has 2 rings (SSSR count). The molecule has 0 fully saturated rings. The molecule has 3 nitrogen and oxygen atoms in total. The number of nitrogens with one attached hydrogen (secondary N) is 1. The Bertz CT molecular complexity index is 621. The molecule has 1 unspecified atom stereocenters. The van der Waals surface area contributed by atoms with Crippen molar-refractivity contribution >= 4 is 0 Å². The highest BCUT2D eigenvalue weighted by Crippen LogP contribution is 2.28. The zero-order chi connectivity index (χ0) is 15.6. The summed E-state index contributed by atoms with van der Waals surface area (Å²) in [7, 11) is 1.50. The lowest BCUT2D eigenvalue weighted by Gasteiger charge is -2.17. The molecule has 0 saturated heterocycles. The number of hydrogen-bond acceptors (Lipinski definition) is 2. The van der Waals surface area contributed by atoms with E-state index in [1.54, 1.807) is 0 Å². The van der Waals surface area contributed by atoms with Crippen molar-refractivity contribution in [1.29, 1.82) is 0 Å². The maximum Gasteiger partial charge on any atom is 0.435 e. The Hall–Kier alpha value is -1.96. The van der Waals surface area contributed by atoms with Crippen LogP contribution in [0.3, 0.4) is 0 Å². The Morgan fingerprint density at radius 1 is 1.24 bits per heavy atom. The lowest BCUT2D eigenvalue weighted by molar-refractivity contribution is -0.141. The zero-order valence-corrected chi connectivity index (χ0v) is 11.0. The molecule has 1 atom stereocenters. The van der Waals surface area contributed by atoms with E-state index in [0.717, 1.165) is 23.0 Å². The normalized spacial score (nSPS) is 13.4. The summed E-state index contributed by atoms with van der Waals surface area (Å²) >= 11 is 0. The molecular weight excluding hydrogens is 293 g/mol. The van der Waals surface area contributed by atoms with E-state index in [9.17, 15) is 22.0 Å². The molecule has 1 aromatic heterocycles. The highest BCUT2D eigenvalue weighted by molar-refractivity contribution is 5.22. The van der Waals surface area contributed by atoms with E-state index >= 15 is 0 Å². The van der Waals surface area contributed by atoms with Crippen LogP contribution in [0.15, 0.2) is 30.5 Å². The Morgan fingerprint density at radius 3 is 2.52 bits per heavy atom. The first-order chi connectivity index (χ1) is 9.82. The molecule has 2 aromatic rings. The molecule has 0 saturated carbocycles. The van der Waals surface area contributed by atoms with Crippen LogP contribution >= 0.6 is 0 Å². The van der Waals surface area contributed by atoms with Gasteiger partial charge in [0.1, 0.15) is 0 Å². The van der Waals surface area contributed by atoms with Crippen LogP contribution < -0.4 is 5.32 Å². The van der Waals surface area contributed by atoms with Crippen molar-refractivity contribution in [2.75, 3.05) is 7.05 Å². The van der Waals surface area contributed by atoms with E-state index in [4.69, 9.17) is 0 Å². The molecule has 1 heterocycles. The summed E-state index contributed by atoms with van der Waals surface area (Å²) in [5, 5.41) is 6.12. The van der Waals surface area contributed by atoms with Gasteiger partial charge in [0.05, 0.1) is 12.6 Å². The van der Waals surface area contributed by atoms with E-state index in [-0.39, 0.29) is 12.1 Å². The molecule has 0 bridgehead atoms. The van der Waals surface area contributed by atoms with Crippen molar-refractivity contribution in [2.45, 2.75) is 18.8 Å². The molecule has 1 N–H and O–H groups in total. The van der Waals surface area contributed by atoms with Gasteiger partial charge >= 0.3 is 6.18 Å². The van der Waals surface area contributed by atoms with Crippen LogP contribution in [-0.2, 0) is 12.7 Å². The lowest BCUT2D eigenvalue weighted by Crippen LogP contribution is -2.24. The van der Waals surface area contributed by atoms with E-state index in [1.807, 2.05) is 0 Å². The van der Waals surface area contributed by atoms with Gasteiger partial charge < -0.3 is 5.32 Å². The monoisotopic (exact) mass is 305 g/mol. The standard InChI is InChI=1S/C13H12F5N3/c1-19-10(8-3-2-4-9(14)12(8)15)7-21-6-5-11(20-21)13(16,17)18/h2-6,10,19H,7H2,1H3. The predicted octanol–water partition coefficient (Wildman–Crippen LogP) is 3.14. The minimum atomic E-state index is -4.54. The third-order valence-electron chi connectivity index (χ3n) is 3.01. The molecule has 8 heteroatoms. The molecule has 114 valence electrons. The minimum absolute atomic E-state index is 0.0292. The molecule has 1 aromatic carbocycles. The van der Waals surface area contributed by atoms with E-state index in [0.29, 0.717) is 0 Å². The third kappa shape index (κ3) is 3.38. The fraction of sp³-hybridized carbons (Fsp3) is 0.308. The fourth-order valence-electron chi connectivity index (χ4n) is 1.94. The highest BCUT2D eigenvalue weighted by Gasteiger charge is 2.33. The Labute approximate surface area is 117 Å². The number of benzene rings is 1. The van der Waals surface area contributed by atoms with Gasteiger partial charge in [-0.1, -0.05) is 12.1 Å². The van der Waals surface area contributed by atoms with Crippen molar-refractivity contribution in [1.82, 2.24) is 15.1 Å². The summed E-state index contributed by atoms with van der Waals surface area (Å²) in [5.74, 6) is -2.04. The average Bonchev–Trinajstić information content (AvgIpc) is 2.88. The number of aromatic nitrogens is 2. The summed E-state index contributed by atoms with van der Waals surface area (Å²) in [4.78, 5) is 0. The van der Waals surface area contributed by atoms with Gasteiger partial charge in [-0.3, -0.25) is 4.68 Å². The van der Waals surface area contributed by atoms with Crippen LogP contribution in [0.25, 0.3) is 0 Å². The van der Waals surface area contributed by atoms with Gasteiger partial charge in [0.15, 0.2) is 17.3 Å². The Morgan fingerprint density at radius 2 is 1.95 bits per heavy atom. The summed E-state index contributed by atoms with van der Waals surface area (Å²) in [6.45, 7) is -0.0625. The van der Waals surface area contributed by atoms with Gasteiger partial charge in [-0.05, 0) is 19.2 Å². The first-order valence-corrected chi connectivity index (χ1v) is 6.04. The van der Waals surface area contributed by atoms with Crippen LogP contribution in [0.5, 0.6) is 0 Å². The first kappa shape index (κ1) is 15.4.